The number of nitrogens with zero attached hydrogens (tertiary/aromatic N) is 1. The Bertz CT molecular complexity index is 495. The molecule has 1 aliphatic heterocycles. The van der Waals surface area contributed by atoms with Gasteiger partial charge in [-0.25, -0.2) is 0 Å². The van der Waals surface area contributed by atoms with Crippen molar-refractivity contribution in [3.8, 4) is 0 Å². The fourth-order valence-corrected chi connectivity index (χ4v) is 2.59. The molecule has 2 N–H and O–H groups in total. The Morgan fingerprint density at radius 1 is 1.38 bits per heavy atom. The molecule has 1 aromatic carbocycles. The summed E-state index contributed by atoms with van der Waals surface area (Å²) < 4.78 is 0. The van der Waals surface area contributed by atoms with Crippen LogP contribution in [0.25, 0.3) is 0 Å². The second-order valence-electron chi connectivity index (χ2n) is 4.21. The van der Waals surface area contributed by atoms with Crippen molar-refractivity contribution in [1.29, 1.82) is 0 Å². The number of aliphatic imine (C=N–C) groups is 1. The highest BCUT2D eigenvalue weighted by atomic mass is 16.2. The van der Waals surface area contributed by atoms with Gasteiger partial charge >= 0.3 is 0 Å². The molecule has 4 nitrogen and oxygen atoms in total. The number of nitrogens with one attached hydrogen (secondary N) is 2. The molecular weight excluding hydrogens is 202 g/mol. The van der Waals surface area contributed by atoms with Gasteiger partial charge in [0.2, 0.25) is 0 Å². The number of hydrogen-bond acceptors (Lipinski definition) is 2. The molecule has 4 heteroatoms. The Morgan fingerprint density at radius 3 is 2.94 bits per heavy atom. The van der Waals surface area contributed by atoms with Crippen LogP contribution in [0.2, 0.25) is 0 Å². The number of carbonyl (C=O) groups is 1. The maximum atomic E-state index is 12.1. The van der Waals surface area contributed by atoms with Crippen LogP contribution in [0.4, 0.5) is 0 Å². The van der Waals surface area contributed by atoms with Gasteiger partial charge in [0.25, 0.3) is 5.91 Å². The zero-order valence-corrected chi connectivity index (χ0v) is 9.08. The monoisotopic (exact) mass is 215 g/mol. The van der Waals surface area contributed by atoms with Crippen LogP contribution < -0.4 is 10.6 Å². The molecule has 2 aliphatic rings. The van der Waals surface area contributed by atoms with Gasteiger partial charge in [0.05, 0.1) is 0 Å². The number of carbonyl (C=O) groups excluding carboxylic acids is 1. The van der Waals surface area contributed by atoms with Crippen molar-refractivity contribution in [3.63, 3.8) is 0 Å². The van der Waals surface area contributed by atoms with Crippen LogP contribution in [0.3, 0.4) is 0 Å². The van der Waals surface area contributed by atoms with Gasteiger partial charge in [0.1, 0.15) is 5.54 Å². The second kappa shape index (κ2) is 3.07. The second-order valence-corrected chi connectivity index (χ2v) is 4.21. The molecule has 1 atom stereocenters. The Balaban J connectivity index is 2.12. The Hall–Kier alpha value is -1.84. The van der Waals surface area contributed by atoms with E-state index in [4.69, 9.17) is 0 Å². The van der Waals surface area contributed by atoms with Gasteiger partial charge in [-0.15, -0.1) is 0 Å². The zero-order chi connectivity index (χ0) is 11.2. The maximum absolute atomic E-state index is 12.1. The van der Waals surface area contributed by atoms with E-state index in [-0.39, 0.29) is 5.91 Å². The lowest BCUT2D eigenvalue weighted by molar-refractivity contribution is -0.124. The lowest BCUT2D eigenvalue weighted by atomic mass is 9.92. The third-order valence-corrected chi connectivity index (χ3v) is 3.42. The summed E-state index contributed by atoms with van der Waals surface area (Å²) in [5.41, 5.74) is 1.76. The lowest BCUT2D eigenvalue weighted by Crippen LogP contribution is -2.41. The molecule has 1 spiro atoms. The van der Waals surface area contributed by atoms with E-state index in [2.05, 4.69) is 21.7 Å². The first kappa shape index (κ1) is 9.39. The number of benzene rings is 1. The molecule has 1 heterocycles. The first-order valence-corrected chi connectivity index (χ1v) is 5.41. The number of rotatable bonds is 0. The van der Waals surface area contributed by atoms with Crippen molar-refractivity contribution < 1.29 is 4.79 Å². The van der Waals surface area contributed by atoms with E-state index in [0.29, 0.717) is 5.96 Å². The van der Waals surface area contributed by atoms with Gasteiger partial charge < -0.3 is 5.32 Å². The Labute approximate surface area is 93.8 Å². The standard InChI is InChI=1S/C12H13N3O/c1-13-11-14-10(16)12(15-11)7-6-8-4-2-3-5-9(8)12/h2-5H,6-7H2,1H3,(H2,13,14,15,16). The summed E-state index contributed by atoms with van der Waals surface area (Å²) in [6.45, 7) is 0. The molecule has 0 aromatic heterocycles. The van der Waals surface area contributed by atoms with E-state index in [0.717, 1.165) is 18.4 Å². The summed E-state index contributed by atoms with van der Waals surface area (Å²) in [6, 6.07) is 8.09. The van der Waals surface area contributed by atoms with Crippen LogP contribution in [-0.2, 0) is 16.8 Å². The van der Waals surface area contributed by atoms with Gasteiger partial charge in [0, 0.05) is 7.05 Å². The van der Waals surface area contributed by atoms with Crippen LogP contribution in [0.5, 0.6) is 0 Å². The van der Waals surface area contributed by atoms with Crippen LogP contribution in [0, 0.1) is 0 Å². The molecule has 16 heavy (non-hydrogen) atoms. The van der Waals surface area contributed by atoms with E-state index < -0.39 is 5.54 Å². The largest absolute Gasteiger partial charge is 0.338 e. The molecule has 1 aromatic rings. The maximum Gasteiger partial charge on any atom is 0.257 e. The number of fused-ring (bicyclic) bond motifs is 2. The SMILES string of the molecule is CN=C1NC(=O)C2(CCc3ccccc32)N1. The molecule has 1 saturated heterocycles. The van der Waals surface area contributed by atoms with Crippen LogP contribution >= 0.6 is 0 Å². The van der Waals surface area contributed by atoms with Crippen LogP contribution in [0.1, 0.15) is 17.5 Å². The molecule has 0 radical (unpaired) electrons. The third kappa shape index (κ3) is 1.04. The van der Waals surface area contributed by atoms with Gasteiger partial charge in [-0.05, 0) is 24.0 Å². The minimum atomic E-state index is -0.578. The molecule has 1 fully saturated rings. The molecule has 1 amide bonds. The fourth-order valence-electron chi connectivity index (χ4n) is 2.59. The van der Waals surface area contributed by atoms with Gasteiger partial charge in [0.15, 0.2) is 5.96 Å². The van der Waals surface area contributed by atoms with Gasteiger partial charge in [-0.1, -0.05) is 24.3 Å². The molecule has 1 aliphatic carbocycles. The van der Waals surface area contributed by atoms with E-state index in [1.165, 1.54) is 5.56 Å². The topological polar surface area (TPSA) is 53.5 Å². The fraction of sp³-hybridized carbons (Fsp3) is 0.333. The van der Waals surface area contributed by atoms with Crippen LogP contribution in [0.15, 0.2) is 29.3 Å². The van der Waals surface area contributed by atoms with Crippen molar-refractivity contribution in [2.45, 2.75) is 18.4 Å². The number of hydrogen-bond donors (Lipinski definition) is 2. The van der Waals surface area contributed by atoms with Crippen molar-refractivity contribution in [3.05, 3.63) is 35.4 Å². The number of guanidine groups is 1. The van der Waals surface area contributed by atoms with E-state index in [1.54, 1.807) is 7.05 Å². The average Bonchev–Trinajstić information content (AvgIpc) is 2.84. The molecule has 3 rings (SSSR count). The summed E-state index contributed by atoms with van der Waals surface area (Å²) in [7, 11) is 1.67. The Kier molecular flexibility index (Phi) is 1.80. The highest BCUT2D eigenvalue weighted by Gasteiger charge is 2.50. The van der Waals surface area contributed by atoms with E-state index in [1.807, 2.05) is 18.2 Å². The van der Waals surface area contributed by atoms with Crippen molar-refractivity contribution in [2.24, 2.45) is 4.99 Å². The smallest absolute Gasteiger partial charge is 0.257 e. The van der Waals surface area contributed by atoms with Gasteiger partial charge in [-0.3, -0.25) is 15.1 Å². The number of aryl methyl sites for hydroxylation is 1. The highest BCUT2D eigenvalue weighted by Crippen LogP contribution is 2.38. The minimum Gasteiger partial charge on any atom is -0.338 e. The summed E-state index contributed by atoms with van der Waals surface area (Å²) >= 11 is 0. The average molecular weight is 215 g/mol. The van der Waals surface area contributed by atoms with Crippen molar-refractivity contribution >= 4 is 11.9 Å². The normalized spacial score (nSPS) is 29.3. The van der Waals surface area contributed by atoms with Crippen molar-refractivity contribution in [1.82, 2.24) is 10.6 Å². The van der Waals surface area contributed by atoms with Crippen LogP contribution in [-0.4, -0.2) is 18.9 Å². The molecule has 1 unspecified atom stereocenters. The van der Waals surface area contributed by atoms with Crippen molar-refractivity contribution in [2.75, 3.05) is 7.05 Å². The molecule has 82 valence electrons. The molecule has 0 saturated carbocycles. The first-order chi connectivity index (χ1) is 7.76. The summed E-state index contributed by atoms with van der Waals surface area (Å²) in [5.74, 6) is 0.583. The molecule has 0 bridgehead atoms. The minimum absolute atomic E-state index is 0.0121. The Morgan fingerprint density at radius 2 is 2.19 bits per heavy atom. The molecular formula is C12H13N3O. The quantitative estimate of drug-likeness (QED) is 0.663. The summed E-state index contributed by atoms with van der Waals surface area (Å²) in [4.78, 5) is 16.1. The first-order valence-electron chi connectivity index (χ1n) is 5.41. The van der Waals surface area contributed by atoms with E-state index >= 15 is 0 Å². The highest BCUT2D eigenvalue weighted by molar-refractivity contribution is 6.09. The van der Waals surface area contributed by atoms with E-state index in [9.17, 15) is 4.79 Å². The van der Waals surface area contributed by atoms with Gasteiger partial charge in [-0.2, -0.15) is 0 Å². The number of amides is 1. The predicted octanol–water partition coefficient (Wildman–Crippen LogP) is 0.533. The zero-order valence-electron chi connectivity index (χ0n) is 9.08. The summed E-state index contributed by atoms with van der Waals surface area (Å²) in [6.07, 6.45) is 1.74. The summed E-state index contributed by atoms with van der Waals surface area (Å²) in [5, 5.41) is 5.99. The third-order valence-electron chi connectivity index (χ3n) is 3.42. The lowest BCUT2D eigenvalue weighted by Gasteiger charge is -2.21. The predicted molar refractivity (Wildman–Crippen MR) is 61.1 cm³/mol.